The van der Waals surface area contributed by atoms with Gasteiger partial charge in [0.25, 0.3) is 0 Å². The van der Waals surface area contributed by atoms with Crippen molar-refractivity contribution in [3.8, 4) is 0 Å². The number of aromatic nitrogens is 3. The van der Waals surface area contributed by atoms with Crippen molar-refractivity contribution in [3.05, 3.63) is 41.0 Å². The molecule has 2 aromatic rings. The van der Waals surface area contributed by atoms with Crippen molar-refractivity contribution in [1.82, 2.24) is 15.2 Å². The van der Waals surface area contributed by atoms with Gasteiger partial charge in [-0.15, -0.1) is 5.10 Å². The number of aromatic amines is 1. The molecule has 0 saturated carbocycles. The van der Waals surface area contributed by atoms with E-state index in [-0.39, 0.29) is 5.56 Å². The van der Waals surface area contributed by atoms with Gasteiger partial charge in [0.15, 0.2) is 0 Å². The van der Waals surface area contributed by atoms with E-state index in [1.807, 2.05) is 0 Å². The molecule has 2 rings (SSSR count). The van der Waals surface area contributed by atoms with Crippen molar-refractivity contribution >= 4 is 17.7 Å². The Morgan fingerprint density at radius 1 is 1.56 bits per heavy atom. The molecule has 1 aromatic heterocycles. The van der Waals surface area contributed by atoms with Gasteiger partial charge < -0.3 is 5.11 Å². The highest BCUT2D eigenvalue weighted by Crippen LogP contribution is 2.22. The lowest BCUT2D eigenvalue weighted by Crippen LogP contribution is -2.02. The zero-order valence-electron chi connectivity index (χ0n) is 9.48. The molecule has 0 spiro atoms. The van der Waals surface area contributed by atoms with Crippen molar-refractivity contribution in [1.29, 1.82) is 0 Å². The number of carbonyl (C=O) groups is 1. The highest BCUT2D eigenvalue weighted by molar-refractivity contribution is 7.98. The minimum absolute atomic E-state index is 0.0937. The third-order valence-corrected chi connectivity index (χ3v) is 3.13. The molecule has 0 amide bonds. The number of thioether (sulfide) groups is 1. The van der Waals surface area contributed by atoms with Gasteiger partial charge in [0.05, 0.1) is 5.56 Å². The van der Waals surface area contributed by atoms with Crippen LogP contribution < -0.4 is 0 Å². The predicted molar refractivity (Wildman–Crippen MR) is 64.0 cm³/mol. The Morgan fingerprint density at radius 3 is 2.94 bits per heavy atom. The Labute approximate surface area is 106 Å². The van der Waals surface area contributed by atoms with Crippen LogP contribution in [0, 0.1) is 12.7 Å². The van der Waals surface area contributed by atoms with Crippen LogP contribution in [-0.2, 0) is 5.75 Å². The molecule has 7 heteroatoms. The maximum Gasteiger partial charge on any atom is 0.335 e. The Morgan fingerprint density at radius 2 is 2.33 bits per heavy atom. The molecular weight excluding hydrogens is 257 g/mol. The van der Waals surface area contributed by atoms with E-state index in [9.17, 15) is 9.18 Å². The number of hydrogen-bond donors (Lipinski definition) is 2. The molecule has 0 saturated heterocycles. The first-order chi connectivity index (χ1) is 8.56. The van der Waals surface area contributed by atoms with E-state index < -0.39 is 11.8 Å². The smallest absolute Gasteiger partial charge is 0.335 e. The van der Waals surface area contributed by atoms with Crippen LogP contribution in [0.1, 0.15) is 21.7 Å². The minimum Gasteiger partial charge on any atom is -0.478 e. The fourth-order valence-corrected chi connectivity index (χ4v) is 2.25. The average Bonchev–Trinajstić information content (AvgIpc) is 2.72. The summed E-state index contributed by atoms with van der Waals surface area (Å²) >= 11 is 1.25. The predicted octanol–water partition coefficient (Wildman–Crippen LogP) is 2.24. The van der Waals surface area contributed by atoms with E-state index in [4.69, 9.17) is 5.11 Å². The summed E-state index contributed by atoms with van der Waals surface area (Å²) in [6.45, 7) is 1.77. The van der Waals surface area contributed by atoms with Crippen molar-refractivity contribution in [2.45, 2.75) is 17.8 Å². The molecule has 0 unspecified atom stereocenters. The number of hydrogen-bond acceptors (Lipinski definition) is 4. The normalized spacial score (nSPS) is 10.6. The van der Waals surface area contributed by atoms with Gasteiger partial charge >= 0.3 is 5.97 Å². The Balaban J connectivity index is 2.17. The molecule has 2 N–H and O–H groups in total. The number of H-pyrrole nitrogens is 1. The van der Waals surface area contributed by atoms with Crippen LogP contribution >= 0.6 is 11.8 Å². The number of rotatable bonds is 4. The summed E-state index contributed by atoms with van der Waals surface area (Å²) in [5.74, 6) is -0.551. The van der Waals surface area contributed by atoms with Crippen LogP contribution in [0.15, 0.2) is 23.4 Å². The summed E-state index contributed by atoms with van der Waals surface area (Å²) in [6.07, 6.45) is 0. The Hall–Kier alpha value is -1.89. The van der Waals surface area contributed by atoms with Gasteiger partial charge in [-0.1, -0.05) is 11.8 Å². The number of aromatic carboxylic acids is 1. The molecule has 1 aromatic carbocycles. The summed E-state index contributed by atoms with van der Waals surface area (Å²) in [4.78, 5) is 15.1. The first-order valence-corrected chi connectivity index (χ1v) is 6.08. The summed E-state index contributed by atoms with van der Waals surface area (Å²) in [7, 11) is 0. The molecule has 18 heavy (non-hydrogen) atoms. The minimum atomic E-state index is -1.07. The Kier molecular flexibility index (Phi) is 3.61. The van der Waals surface area contributed by atoms with Crippen LogP contribution in [0.3, 0.4) is 0 Å². The van der Waals surface area contributed by atoms with Gasteiger partial charge in [0.1, 0.15) is 11.6 Å². The average molecular weight is 267 g/mol. The van der Waals surface area contributed by atoms with Crippen molar-refractivity contribution in [2.75, 3.05) is 0 Å². The number of nitrogens with one attached hydrogen (secondary N) is 1. The number of nitrogens with zero attached hydrogens (tertiary/aromatic N) is 2. The topological polar surface area (TPSA) is 78.9 Å². The molecule has 0 fully saturated rings. The second kappa shape index (κ2) is 5.18. The fourth-order valence-electron chi connectivity index (χ4n) is 1.42. The number of aryl methyl sites for hydroxylation is 1. The monoisotopic (exact) mass is 267 g/mol. The lowest BCUT2D eigenvalue weighted by Gasteiger charge is -2.04. The first-order valence-electron chi connectivity index (χ1n) is 5.10. The maximum atomic E-state index is 13.1. The number of carboxylic acid groups (broad SMARTS) is 1. The van der Waals surface area contributed by atoms with Gasteiger partial charge in [-0.2, -0.15) is 0 Å². The second-order valence-corrected chi connectivity index (χ2v) is 4.54. The molecule has 0 radical (unpaired) electrons. The fraction of sp³-hybridized carbons (Fsp3) is 0.182. The highest BCUT2D eigenvalue weighted by atomic mass is 32.2. The highest BCUT2D eigenvalue weighted by Gasteiger charge is 2.12. The van der Waals surface area contributed by atoms with Crippen molar-refractivity contribution in [3.63, 3.8) is 0 Å². The first kappa shape index (κ1) is 12.6. The van der Waals surface area contributed by atoms with Crippen molar-refractivity contribution < 1.29 is 14.3 Å². The van der Waals surface area contributed by atoms with E-state index in [1.54, 1.807) is 6.92 Å². The summed E-state index contributed by atoms with van der Waals surface area (Å²) in [6, 6.07) is 3.61. The van der Waals surface area contributed by atoms with E-state index in [0.29, 0.717) is 22.3 Å². The van der Waals surface area contributed by atoms with Crippen LogP contribution in [0.2, 0.25) is 0 Å². The van der Waals surface area contributed by atoms with Crippen LogP contribution in [-0.4, -0.2) is 26.3 Å². The lowest BCUT2D eigenvalue weighted by atomic mass is 10.1. The van der Waals surface area contributed by atoms with Crippen LogP contribution in [0.4, 0.5) is 4.39 Å². The van der Waals surface area contributed by atoms with Crippen LogP contribution in [0.5, 0.6) is 0 Å². The third-order valence-electron chi connectivity index (χ3n) is 2.23. The molecule has 1 heterocycles. The molecule has 0 atom stereocenters. The standard InChI is InChI=1S/C11H10FN3O2S/c1-6-13-11(15-14-6)18-5-7-4-8(12)2-3-9(7)10(16)17/h2-4H,5H2,1H3,(H,16,17)(H,13,14,15). The van der Waals surface area contributed by atoms with E-state index in [1.165, 1.54) is 23.9 Å². The third kappa shape index (κ3) is 2.86. The quantitative estimate of drug-likeness (QED) is 0.830. The molecule has 94 valence electrons. The molecule has 5 nitrogen and oxygen atoms in total. The van der Waals surface area contributed by atoms with Crippen molar-refractivity contribution in [2.24, 2.45) is 0 Å². The summed E-state index contributed by atoms with van der Waals surface area (Å²) in [5.41, 5.74) is 0.506. The molecular formula is C11H10FN3O2S. The summed E-state index contributed by atoms with van der Waals surface area (Å²) in [5, 5.41) is 16.1. The molecule has 0 aliphatic rings. The Bertz CT molecular complexity index is 585. The maximum absolute atomic E-state index is 13.1. The number of benzene rings is 1. The van der Waals surface area contributed by atoms with Gasteiger partial charge in [-0.25, -0.2) is 14.2 Å². The molecule has 0 aliphatic heterocycles. The molecule has 0 bridgehead atoms. The number of halogens is 1. The zero-order valence-corrected chi connectivity index (χ0v) is 10.3. The lowest BCUT2D eigenvalue weighted by molar-refractivity contribution is 0.0696. The van der Waals surface area contributed by atoms with Gasteiger partial charge in [0.2, 0.25) is 5.16 Å². The van der Waals surface area contributed by atoms with Gasteiger partial charge in [-0.05, 0) is 30.7 Å². The molecule has 0 aliphatic carbocycles. The van der Waals surface area contributed by atoms with E-state index in [0.717, 1.165) is 6.07 Å². The second-order valence-electron chi connectivity index (χ2n) is 3.60. The van der Waals surface area contributed by atoms with Gasteiger partial charge in [-0.3, -0.25) is 5.10 Å². The SMILES string of the molecule is Cc1nc(SCc2cc(F)ccc2C(=O)O)n[nH]1. The zero-order chi connectivity index (χ0) is 13.1. The summed E-state index contributed by atoms with van der Waals surface area (Å²) < 4.78 is 13.1. The largest absolute Gasteiger partial charge is 0.478 e. The van der Waals surface area contributed by atoms with E-state index >= 15 is 0 Å². The van der Waals surface area contributed by atoms with Crippen LogP contribution in [0.25, 0.3) is 0 Å². The van der Waals surface area contributed by atoms with E-state index in [2.05, 4.69) is 15.2 Å². The van der Waals surface area contributed by atoms with Gasteiger partial charge in [0, 0.05) is 5.75 Å². The number of carboxylic acids is 1.